The molecule has 0 amide bonds. The summed E-state index contributed by atoms with van der Waals surface area (Å²) in [6.45, 7) is 6.98. The predicted molar refractivity (Wildman–Crippen MR) is 75.1 cm³/mol. The van der Waals surface area contributed by atoms with Gasteiger partial charge in [-0.25, -0.2) is 0 Å². The third-order valence-electron chi connectivity index (χ3n) is 3.08. The number of benzene rings is 1. The van der Waals surface area contributed by atoms with Crippen LogP contribution in [0.25, 0.3) is 0 Å². The Labute approximate surface area is 105 Å². The second kappa shape index (κ2) is 7.78. The van der Waals surface area contributed by atoms with Crippen LogP contribution >= 0.6 is 11.8 Å². The summed E-state index contributed by atoms with van der Waals surface area (Å²) in [5.41, 5.74) is 0. The van der Waals surface area contributed by atoms with Crippen molar-refractivity contribution in [2.24, 2.45) is 5.92 Å². The first-order valence-corrected chi connectivity index (χ1v) is 7.32. The van der Waals surface area contributed by atoms with Crippen molar-refractivity contribution < 1.29 is 0 Å². The summed E-state index contributed by atoms with van der Waals surface area (Å²) in [6.07, 6.45) is 5.41. The lowest BCUT2D eigenvalue weighted by atomic mass is 10.0. The second-order valence-electron chi connectivity index (χ2n) is 4.69. The van der Waals surface area contributed by atoms with E-state index in [1.54, 1.807) is 0 Å². The van der Waals surface area contributed by atoms with Gasteiger partial charge in [0.1, 0.15) is 0 Å². The minimum Gasteiger partial charge on any atom is -0.123 e. The molecule has 16 heavy (non-hydrogen) atoms. The van der Waals surface area contributed by atoms with Gasteiger partial charge in [0.05, 0.1) is 0 Å². The van der Waals surface area contributed by atoms with Gasteiger partial charge in [-0.15, -0.1) is 11.8 Å². The standard InChI is InChI=1S/C15H24S/c1-4-13(2)9-8-10-14(3)16-15-11-6-5-7-12-15/h5-7,11-14H,4,8-10H2,1-3H3. The molecule has 0 aliphatic heterocycles. The van der Waals surface area contributed by atoms with Crippen LogP contribution in [0.2, 0.25) is 0 Å². The monoisotopic (exact) mass is 236 g/mol. The smallest absolute Gasteiger partial charge is 0.00746 e. The summed E-state index contributed by atoms with van der Waals surface area (Å²) >= 11 is 2.00. The van der Waals surface area contributed by atoms with Gasteiger partial charge in [0.15, 0.2) is 0 Å². The lowest BCUT2D eigenvalue weighted by Gasteiger charge is -2.13. The van der Waals surface area contributed by atoms with E-state index in [4.69, 9.17) is 0 Å². The highest BCUT2D eigenvalue weighted by Crippen LogP contribution is 2.26. The third kappa shape index (κ3) is 5.60. The average Bonchev–Trinajstić information content (AvgIpc) is 2.30. The van der Waals surface area contributed by atoms with Gasteiger partial charge in [-0.3, -0.25) is 0 Å². The summed E-state index contributed by atoms with van der Waals surface area (Å²) < 4.78 is 0. The fraction of sp³-hybridized carbons (Fsp3) is 0.600. The van der Waals surface area contributed by atoms with Crippen molar-refractivity contribution in [1.82, 2.24) is 0 Å². The first-order valence-electron chi connectivity index (χ1n) is 6.44. The second-order valence-corrected chi connectivity index (χ2v) is 6.20. The van der Waals surface area contributed by atoms with Crippen molar-refractivity contribution in [3.05, 3.63) is 30.3 Å². The Morgan fingerprint density at radius 3 is 2.38 bits per heavy atom. The van der Waals surface area contributed by atoms with Crippen molar-refractivity contribution in [2.75, 3.05) is 0 Å². The number of rotatable bonds is 7. The van der Waals surface area contributed by atoms with Crippen LogP contribution in [0, 0.1) is 5.92 Å². The molecule has 0 saturated carbocycles. The SMILES string of the molecule is CCC(C)CCCC(C)Sc1ccccc1. The van der Waals surface area contributed by atoms with Crippen LogP contribution < -0.4 is 0 Å². The Bertz CT molecular complexity index is 268. The minimum absolute atomic E-state index is 0.742. The van der Waals surface area contributed by atoms with Gasteiger partial charge in [-0.2, -0.15) is 0 Å². The summed E-state index contributed by atoms with van der Waals surface area (Å²) in [7, 11) is 0. The van der Waals surface area contributed by atoms with Gasteiger partial charge in [-0.1, -0.05) is 58.2 Å². The molecule has 1 aromatic carbocycles. The molecule has 1 rings (SSSR count). The third-order valence-corrected chi connectivity index (χ3v) is 4.27. The van der Waals surface area contributed by atoms with E-state index in [-0.39, 0.29) is 0 Å². The van der Waals surface area contributed by atoms with Gasteiger partial charge in [0.25, 0.3) is 0 Å². The fourth-order valence-corrected chi connectivity index (χ4v) is 2.81. The van der Waals surface area contributed by atoms with E-state index in [0.717, 1.165) is 11.2 Å². The molecule has 0 bridgehead atoms. The van der Waals surface area contributed by atoms with Gasteiger partial charge in [0.2, 0.25) is 0 Å². The Balaban J connectivity index is 2.19. The summed E-state index contributed by atoms with van der Waals surface area (Å²) in [5.74, 6) is 0.897. The molecule has 0 aromatic heterocycles. The largest absolute Gasteiger partial charge is 0.123 e. The zero-order valence-electron chi connectivity index (χ0n) is 10.8. The molecule has 0 radical (unpaired) electrons. The van der Waals surface area contributed by atoms with Gasteiger partial charge >= 0.3 is 0 Å². The lowest BCUT2D eigenvalue weighted by Crippen LogP contribution is -1.98. The first-order chi connectivity index (χ1) is 7.72. The molecule has 1 aromatic rings. The molecule has 1 heteroatoms. The molecule has 2 unspecified atom stereocenters. The van der Waals surface area contributed by atoms with E-state index in [0.29, 0.717) is 0 Å². The molecule has 0 aliphatic rings. The summed E-state index contributed by atoms with van der Waals surface area (Å²) in [4.78, 5) is 1.40. The van der Waals surface area contributed by atoms with E-state index < -0.39 is 0 Å². The minimum atomic E-state index is 0.742. The number of hydrogen-bond donors (Lipinski definition) is 0. The van der Waals surface area contributed by atoms with Gasteiger partial charge in [-0.05, 0) is 24.5 Å². The van der Waals surface area contributed by atoms with Crippen molar-refractivity contribution in [3.8, 4) is 0 Å². The molecular weight excluding hydrogens is 212 g/mol. The maximum Gasteiger partial charge on any atom is 0.00746 e. The van der Waals surface area contributed by atoms with Crippen molar-refractivity contribution in [1.29, 1.82) is 0 Å². The van der Waals surface area contributed by atoms with Gasteiger partial charge in [0, 0.05) is 10.1 Å². The lowest BCUT2D eigenvalue weighted by molar-refractivity contribution is 0.484. The normalized spacial score (nSPS) is 14.7. The van der Waals surface area contributed by atoms with Crippen LogP contribution in [-0.2, 0) is 0 Å². The highest BCUT2D eigenvalue weighted by molar-refractivity contribution is 7.99. The van der Waals surface area contributed by atoms with Crippen LogP contribution in [0.15, 0.2) is 35.2 Å². The Morgan fingerprint density at radius 2 is 1.75 bits per heavy atom. The van der Waals surface area contributed by atoms with Crippen LogP contribution in [0.1, 0.15) is 46.5 Å². The van der Waals surface area contributed by atoms with Crippen molar-refractivity contribution >= 4 is 11.8 Å². The van der Waals surface area contributed by atoms with Crippen molar-refractivity contribution in [3.63, 3.8) is 0 Å². The molecule has 0 aliphatic carbocycles. The van der Waals surface area contributed by atoms with Crippen LogP contribution in [0.3, 0.4) is 0 Å². The highest BCUT2D eigenvalue weighted by atomic mass is 32.2. The number of hydrogen-bond acceptors (Lipinski definition) is 1. The number of thioether (sulfide) groups is 1. The average molecular weight is 236 g/mol. The fourth-order valence-electron chi connectivity index (χ4n) is 1.75. The predicted octanol–water partition coefficient (Wildman–Crippen LogP) is 5.38. The van der Waals surface area contributed by atoms with Crippen molar-refractivity contribution in [2.45, 2.75) is 56.6 Å². The Morgan fingerprint density at radius 1 is 1.06 bits per heavy atom. The molecule has 0 saturated heterocycles. The van der Waals surface area contributed by atoms with Gasteiger partial charge < -0.3 is 0 Å². The Kier molecular flexibility index (Phi) is 6.63. The quantitative estimate of drug-likeness (QED) is 0.572. The molecule has 90 valence electrons. The molecular formula is C15H24S. The Hall–Kier alpha value is -0.430. The van der Waals surface area contributed by atoms with Crippen LogP contribution in [0.5, 0.6) is 0 Å². The highest BCUT2D eigenvalue weighted by Gasteiger charge is 2.05. The maximum atomic E-state index is 2.36. The molecule has 2 atom stereocenters. The zero-order valence-corrected chi connectivity index (χ0v) is 11.6. The molecule has 0 N–H and O–H groups in total. The molecule has 0 heterocycles. The maximum absolute atomic E-state index is 2.36. The topological polar surface area (TPSA) is 0 Å². The van der Waals surface area contributed by atoms with Crippen LogP contribution in [-0.4, -0.2) is 5.25 Å². The summed E-state index contributed by atoms with van der Waals surface area (Å²) in [6, 6.07) is 10.7. The van der Waals surface area contributed by atoms with E-state index >= 15 is 0 Å². The zero-order chi connectivity index (χ0) is 11.8. The van der Waals surface area contributed by atoms with E-state index in [2.05, 4.69) is 51.1 Å². The van der Waals surface area contributed by atoms with Crippen LogP contribution in [0.4, 0.5) is 0 Å². The molecule has 0 fully saturated rings. The van der Waals surface area contributed by atoms with E-state index in [9.17, 15) is 0 Å². The molecule has 0 nitrogen and oxygen atoms in total. The first kappa shape index (κ1) is 13.6. The summed E-state index contributed by atoms with van der Waals surface area (Å²) in [5, 5.41) is 0.742. The van der Waals surface area contributed by atoms with E-state index in [1.165, 1.54) is 30.6 Å². The molecule has 0 spiro atoms. The van der Waals surface area contributed by atoms with E-state index in [1.807, 2.05) is 11.8 Å².